The van der Waals surface area contributed by atoms with Crippen LogP contribution < -0.4 is 16.0 Å². The number of nitro groups is 1. The molecule has 0 bridgehead atoms. The number of carbonyl (C=O) groups is 1. The number of benzene rings is 1. The third kappa shape index (κ3) is 3.30. The molecule has 0 spiro atoms. The Morgan fingerprint density at radius 1 is 1.57 bits per heavy atom. The second kappa shape index (κ2) is 6.24. The minimum Gasteiger partial charge on any atom is -0.478 e. The van der Waals surface area contributed by atoms with Gasteiger partial charge in [0.25, 0.3) is 5.91 Å². The first-order chi connectivity index (χ1) is 10.0. The lowest BCUT2D eigenvalue weighted by Gasteiger charge is -2.05. The quantitative estimate of drug-likeness (QED) is 0.372. The van der Waals surface area contributed by atoms with E-state index < -0.39 is 28.1 Å². The first-order valence-corrected chi connectivity index (χ1v) is 6.42. The van der Waals surface area contributed by atoms with E-state index in [1.807, 2.05) is 5.43 Å². The van der Waals surface area contributed by atoms with Crippen LogP contribution in [-0.2, 0) is 6.61 Å². The molecule has 1 amide bonds. The normalized spacial score (nSPS) is 10.2. The molecule has 0 aliphatic heterocycles. The topological polar surface area (TPSA) is 120 Å². The van der Waals surface area contributed by atoms with E-state index in [0.717, 1.165) is 23.5 Å². The number of nitrogens with zero attached hydrogens (tertiary/aromatic N) is 2. The van der Waals surface area contributed by atoms with E-state index in [9.17, 15) is 19.3 Å². The van der Waals surface area contributed by atoms with Gasteiger partial charge in [0.15, 0.2) is 10.8 Å². The fourth-order valence-corrected chi connectivity index (χ4v) is 2.17. The molecule has 2 rings (SSSR count). The van der Waals surface area contributed by atoms with Crippen LogP contribution in [0.2, 0.25) is 0 Å². The van der Waals surface area contributed by atoms with Crippen molar-refractivity contribution < 1.29 is 18.8 Å². The smallest absolute Gasteiger partial charge is 0.314 e. The third-order valence-electron chi connectivity index (χ3n) is 2.38. The Hall–Kier alpha value is -2.59. The van der Waals surface area contributed by atoms with Crippen molar-refractivity contribution in [3.05, 3.63) is 50.2 Å². The van der Waals surface area contributed by atoms with Gasteiger partial charge < -0.3 is 4.74 Å². The Balaban J connectivity index is 2.15. The Bertz CT molecular complexity index is 691. The molecule has 1 aromatic carbocycles. The van der Waals surface area contributed by atoms with Crippen LogP contribution in [-0.4, -0.2) is 15.8 Å². The lowest BCUT2D eigenvalue weighted by atomic mass is 10.3. The van der Waals surface area contributed by atoms with Gasteiger partial charge in [0, 0.05) is 11.4 Å². The number of nitrogen functional groups attached to an aromatic ring is 1. The van der Waals surface area contributed by atoms with Crippen LogP contribution in [0.5, 0.6) is 5.75 Å². The Labute approximate surface area is 121 Å². The van der Waals surface area contributed by atoms with Crippen LogP contribution >= 0.6 is 11.3 Å². The molecule has 0 fully saturated rings. The number of carbonyl (C=O) groups excluding carboxylic acids is 1. The van der Waals surface area contributed by atoms with Gasteiger partial charge in [-0.2, -0.15) is 0 Å². The monoisotopic (exact) mass is 312 g/mol. The minimum atomic E-state index is -0.848. The van der Waals surface area contributed by atoms with Crippen molar-refractivity contribution in [2.45, 2.75) is 6.61 Å². The average Bonchev–Trinajstić information content (AvgIpc) is 2.93. The number of nitrogens with one attached hydrogen (secondary N) is 1. The highest BCUT2D eigenvalue weighted by atomic mass is 32.1. The second-order valence-corrected chi connectivity index (χ2v) is 4.61. The van der Waals surface area contributed by atoms with Gasteiger partial charge in [-0.05, 0) is 6.07 Å². The van der Waals surface area contributed by atoms with Gasteiger partial charge >= 0.3 is 5.69 Å². The summed E-state index contributed by atoms with van der Waals surface area (Å²) >= 11 is 1.02. The lowest BCUT2D eigenvalue weighted by molar-refractivity contribution is -0.386. The molecule has 110 valence electrons. The number of nitro benzene ring substituents is 1. The van der Waals surface area contributed by atoms with E-state index >= 15 is 0 Å². The van der Waals surface area contributed by atoms with Gasteiger partial charge in [-0.1, -0.05) is 6.07 Å². The van der Waals surface area contributed by atoms with Crippen molar-refractivity contribution in [2.24, 2.45) is 5.84 Å². The molecule has 0 radical (unpaired) electrons. The number of amides is 1. The third-order valence-corrected chi connectivity index (χ3v) is 3.27. The SMILES string of the molecule is NNC(=O)c1nc(COc2c(F)cccc2[N+](=O)[O-])cs1. The molecule has 0 aliphatic carbocycles. The van der Waals surface area contributed by atoms with Gasteiger partial charge in [-0.15, -0.1) is 11.3 Å². The maximum absolute atomic E-state index is 13.6. The molecule has 8 nitrogen and oxygen atoms in total. The number of rotatable bonds is 5. The zero-order chi connectivity index (χ0) is 15.4. The number of ether oxygens (including phenoxy) is 1. The zero-order valence-electron chi connectivity index (χ0n) is 10.4. The number of hydrogen-bond acceptors (Lipinski definition) is 7. The van der Waals surface area contributed by atoms with E-state index in [1.165, 1.54) is 11.4 Å². The van der Waals surface area contributed by atoms with Gasteiger partial charge in [-0.3, -0.25) is 20.3 Å². The van der Waals surface area contributed by atoms with Gasteiger partial charge in [-0.25, -0.2) is 15.2 Å². The van der Waals surface area contributed by atoms with Gasteiger partial charge in [0.05, 0.1) is 10.6 Å². The Morgan fingerprint density at radius 2 is 2.33 bits per heavy atom. The molecule has 1 aromatic heterocycles. The maximum Gasteiger partial charge on any atom is 0.314 e. The van der Waals surface area contributed by atoms with Crippen LogP contribution in [0.15, 0.2) is 23.6 Å². The number of hydrogen-bond donors (Lipinski definition) is 2. The molecular weight excluding hydrogens is 303 g/mol. The molecule has 3 N–H and O–H groups in total. The number of hydrazine groups is 1. The molecule has 2 aromatic rings. The maximum atomic E-state index is 13.6. The number of halogens is 1. The second-order valence-electron chi connectivity index (χ2n) is 3.75. The predicted octanol–water partition coefficient (Wildman–Crippen LogP) is 1.37. The van der Waals surface area contributed by atoms with Gasteiger partial charge in [0.1, 0.15) is 6.61 Å². The fourth-order valence-electron chi connectivity index (χ4n) is 1.47. The van der Waals surface area contributed by atoms with Crippen molar-refractivity contribution in [2.75, 3.05) is 0 Å². The molecule has 10 heteroatoms. The standard InChI is InChI=1S/C11H9FN4O4S/c12-7-2-1-3-8(16(18)19)9(7)20-4-6-5-21-11(14-6)10(17)15-13/h1-3,5H,4,13H2,(H,15,17). The summed E-state index contributed by atoms with van der Waals surface area (Å²) in [6.07, 6.45) is 0. The van der Waals surface area contributed by atoms with E-state index in [1.54, 1.807) is 0 Å². The van der Waals surface area contributed by atoms with Crippen LogP contribution in [0.3, 0.4) is 0 Å². The van der Waals surface area contributed by atoms with Crippen molar-refractivity contribution in [3.8, 4) is 5.75 Å². The van der Waals surface area contributed by atoms with Crippen LogP contribution in [0, 0.1) is 15.9 Å². The largest absolute Gasteiger partial charge is 0.478 e. The first kappa shape index (κ1) is 14.8. The van der Waals surface area contributed by atoms with Gasteiger partial charge in [0.2, 0.25) is 5.75 Å². The molecule has 0 aliphatic rings. The summed E-state index contributed by atoms with van der Waals surface area (Å²) in [7, 11) is 0. The van der Waals surface area contributed by atoms with Crippen molar-refractivity contribution in [1.82, 2.24) is 10.4 Å². The van der Waals surface area contributed by atoms with E-state index in [-0.39, 0.29) is 11.6 Å². The van der Waals surface area contributed by atoms with E-state index in [2.05, 4.69) is 4.98 Å². The van der Waals surface area contributed by atoms with Crippen molar-refractivity contribution in [3.63, 3.8) is 0 Å². The van der Waals surface area contributed by atoms with Crippen LogP contribution in [0.25, 0.3) is 0 Å². The van der Waals surface area contributed by atoms with E-state index in [4.69, 9.17) is 10.6 Å². The van der Waals surface area contributed by atoms with Crippen molar-refractivity contribution in [1.29, 1.82) is 0 Å². The van der Waals surface area contributed by atoms with Crippen LogP contribution in [0.4, 0.5) is 10.1 Å². The summed E-state index contributed by atoms with van der Waals surface area (Å²) < 4.78 is 18.7. The highest BCUT2D eigenvalue weighted by Crippen LogP contribution is 2.30. The minimum absolute atomic E-state index is 0.110. The van der Waals surface area contributed by atoms with Crippen molar-refractivity contribution >= 4 is 22.9 Å². The summed E-state index contributed by atoms with van der Waals surface area (Å²) in [5.41, 5.74) is 1.77. The molecule has 0 unspecified atom stereocenters. The fraction of sp³-hybridized carbons (Fsp3) is 0.0909. The number of para-hydroxylation sites is 1. The number of nitrogens with two attached hydrogens (primary N) is 1. The van der Waals surface area contributed by atoms with E-state index in [0.29, 0.717) is 5.69 Å². The Kier molecular flexibility index (Phi) is 4.40. The molecule has 21 heavy (non-hydrogen) atoms. The summed E-state index contributed by atoms with van der Waals surface area (Å²) in [4.78, 5) is 25.2. The van der Waals surface area contributed by atoms with Crippen LogP contribution in [0.1, 0.15) is 15.5 Å². The predicted molar refractivity (Wildman–Crippen MR) is 71.2 cm³/mol. The Morgan fingerprint density at radius 3 is 3.00 bits per heavy atom. The molecule has 0 atom stereocenters. The summed E-state index contributed by atoms with van der Waals surface area (Å²) in [6, 6.07) is 3.40. The summed E-state index contributed by atoms with van der Waals surface area (Å²) in [5.74, 6) is 3.08. The summed E-state index contributed by atoms with van der Waals surface area (Å²) in [6.45, 7) is -0.212. The highest BCUT2D eigenvalue weighted by molar-refractivity contribution is 7.11. The molecule has 0 saturated heterocycles. The number of aromatic nitrogens is 1. The molecule has 1 heterocycles. The highest BCUT2D eigenvalue weighted by Gasteiger charge is 2.20. The first-order valence-electron chi connectivity index (χ1n) is 5.54. The lowest BCUT2D eigenvalue weighted by Crippen LogP contribution is -2.29. The molecule has 0 saturated carbocycles. The zero-order valence-corrected chi connectivity index (χ0v) is 11.2. The number of thiazole rings is 1. The molecular formula is C11H9FN4O4S. The average molecular weight is 312 g/mol. The summed E-state index contributed by atoms with van der Waals surface area (Å²) in [5, 5.41) is 12.4.